The molecule has 3 rings (SSSR count). The molecule has 2 aromatic rings. The van der Waals surface area contributed by atoms with Crippen molar-refractivity contribution in [2.75, 3.05) is 19.7 Å². The Kier molecular flexibility index (Phi) is 4.96. The number of nitrogens with zero attached hydrogens (tertiary/aromatic N) is 2. The van der Waals surface area contributed by atoms with E-state index in [0.717, 1.165) is 19.3 Å². The van der Waals surface area contributed by atoms with Gasteiger partial charge < -0.3 is 10.0 Å². The number of halogens is 1. The number of benzene rings is 1. The Morgan fingerprint density at radius 1 is 1.38 bits per heavy atom. The number of rotatable bonds is 4. The molecule has 1 aliphatic rings. The largest absolute Gasteiger partial charge is 0.396 e. The number of piperidine rings is 1. The van der Waals surface area contributed by atoms with Gasteiger partial charge in [0.25, 0.3) is 5.91 Å². The number of aliphatic hydroxyl groups is 1. The van der Waals surface area contributed by atoms with E-state index >= 15 is 0 Å². The van der Waals surface area contributed by atoms with E-state index in [2.05, 4.69) is 11.9 Å². The highest BCUT2D eigenvalue weighted by Crippen LogP contribution is 2.35. The maximum absolute atomic E-state index is 13.9. The fourth-order valence-electron chi connectivity index (χ4n) is 3.10. The van der Waals surface area contributed by atoms with Gasteiger partial charge in [-0.05, 0) is 36.8 Å². The summed E-state index contributed by atoms with van der Waals surface area (Å²) < 4.78 is 13.9. The normalized spacial score (nSPS) is 17.0. The SMILES string of the molecule is CCC1(CO)CCN(C(=O)c2cnc(-c3ccccc3F)s2)CC1. The number of hydrogen-bond donors (Lipinski definition) is 1. The van der Waals surface area contributed by atoms with Crippen molar-refractivity contribution >= 4 is 17.2 Å². The first-order valence-corrected chi connectivity index (χ1v) is 9.01. The van der Waals surface area contributed by atoms with Gasteiger partial charge in [-0.25, -0.2) is 9.37 Å². The molecule has 0 spiro atoms. The minimum atomic E-state index is -0.334. The van der Waals surface area contributed by atoms with Crippen LogP contribution in [0.5, 0.6) is 0 Å². The van der Waals surface area contributed by atoms with Gasteiger partial charge in [-0.2, -0.15) is 0 Å². The van der Waals surface area contributed by atoms with Crippen molar-refractivity contribution in [1.82, 2.24) is 9.88 Å². The molecule has 1 aliphatic heterocycles. The molecule has 0 atom stereocenters. The molecule has 1 fully saturated rings. The standard InChI is InChI=1S/C18H21FN2O2S/c1-2-18(12-22)7-9-21(10-8-18)17(23)15-11-20-16(24-15)13-5-3-4-6-14(13)19/h3-6,11,22H,2,7-10,12H2,1H3. The fraction of sp³-hybridized carbons (Fsp3) is 0.444. The van der Waals surface area contributed by atoms with Gasteiger partial charge >= 0.3 is 0 Å². The van der Waals surface area contributed by atoms with Gasteiger partial charge in [0, 0.05) is 25.3 Å². The lowest BCUT2D eigenvalue weighted by atomic mass is 9.77. The Hall–Kier alpha value is -1.79. The third-order valence-corrected chi connectivity index (χ3v) is 6.04. The predicted molar refractivity (Wildman–Crippen MR) is 92.5 cm³/mol. The molecule has 4 nitrogen and oxygen atoms in total. The van der Waals surface area contributed by atoms with Gasteiger partial charge in [-0.3, -0.25) is 4.79 Å². The lowest BCUT2D eigenvalue weighted by molar-refractivity contribution is 0.0341. The highest BCUT2D eigenvalue weighted by atomic mass is 32.1. The Bertz CT molecular complexity index is 717. The summed E-state index contributed by atoms with van der Waals surface area (Å²) in [6.07, 6.45) is 4.07. The van der Waals surface area contributed by atoms with Crippen molar-refractivity contribution in [3.63, 3.8) is 0 Å². The smallest absolute Gasteiger partial charge is 0.265 e. The lowest BCUT2D eigenvalue weighted by Crippen LogP contribution is -2.44. The summed E-state index contributed by atoms with van der Waals surface area (Å²) in [4.78, 5) is 19.2. The summed E-state index contributed by atoms with van der Waals surface area (Å²) in [5, 5.41) is 10.1. The first-order valence-electron chi connectivity index (χ1n) is 8.19. The lowest BCUT2D eigenvalue weighted by Gasteiger charge is -2.40. The Balaban J connectivity index is 1.72. The molecule has 0 saturated carbocycles. The molecule has 1 saturated heterocycles. The zero-order valence-corrected chi connectivity index (χ0v) is 14.5. The van der Waals surface area contributed by atoms with Gasteiger partial charge in [0.1, 0.15) is 15.7 Å². The van der Waals surface area contributed by atoms with Crippen LogP contribution in [0.1, 0.15) is 35.9 Å². The van der Waals surface area contributed by atoms with Crippen molar-refractivity contribution in [3.05, 3.63) is 41.2 Å². The van der Waals surface area contributed by atoms with E-state index in [1.165, 1.54) is 23.6 Å². The average Bonchev–Trinajstić information content (AvgIpc) is 3.11. The fourth-order valence-corrected chi connectivity index (χ4v) is 4.01. The van der Waals surface area contributed by atoms with Crippen LogP contribution >= 0.6 is 11.3 Å². The van der Waals surface area contributed by atoms with Gasteiger partial charge in [-0.15, -0.1) is 11.3 Å². The number of thiazole rings is 1. The van der Waals surface area contributed by atoms with Crippen LogP contribution in [-0.4, -0.2) is 40.6 Å². The Labute approximate surface area is 145 Å². The second-order valence-corrected chi connectivity index (χ2v) is 7.34. The topological polar surface area (TPSA) is 53.4 Å². The molecule has 24 heavy (non-hydrogen) atoms. The summed E-state index contributed by atoms with van der Waals surface area (Å²) in [6, 6.07) is 6.45. The summed E-state index contributed by atoms with van der Waals surface area (Å²) in [5.74, 6) is -0.391. The second kappa shape index (κ2) is 6.99. The molecular weight excluding hydrogens is 327 g/mol. The summed E-state index contributed by atoms with van der Waals surface area (Å²) in [7, 11) is 0. The van der Waals surface area contributed by atoms with Gasteiger partial charge in [0.15, 0.2) is 0 Å². The second-order valence-electron chi connectivity index (χ2n) is 6.31. The molecule has 128 valence electrons. The summed E-state index contributed by atoms with van der Waals surface area (Å²) in [5.41, 5.74) is 0.369. The summed E-state index contributed by atoms with van der Waals surface area (Å²) >= 11 is 1.22. The molecule has 1 aromatic heterocycles. The highest BCUT2D eigenvalue weighted by Gasteiger charge is 2.34. The Morgan fingerprint density at radius 2 is 2.08 bits per heavy atom. The van der Waals surface area contributed by atoms with E-state index in [4.69, 9.17) is 0 Å². The first-order chi connectivity index (χ1) is 11.6. The first kappa shape index (κ1) is 17.0. The number of carbonyl (C=O) groups is 1. The van der Waals surface area contributed by atoms with E-state index < -0.39 is 0 Å². The van der Waals surface area contributed by atoms with E-state index in [1.807, 2.05) is 4.90 Å². The molecule has 0 bridgehead atoms. The van der Waals surface area contributed by atoms with E-state index in [-0.39, 0.29) is 23.7 Å². The van der Waals surface area contributed by atoms with Crippen LogP contribution < -0.4 is 0 Å². The minimum Gasteiger partial charge on any atom is -0.396 e. The predicted octanol–water partition coefficient (Wildman–Crippen LogP) is 3.57. The van der Waals surface area contributed by atoms with Crippen LogP contribution in [0, 0.1) is 11.2 Å². The number of likely N-dealkylation sites (tertiary alicyclic amines) is 1. The minimum absolute atomic E-state index is 0.0528. The maximum Gasteiger partial charge on any atom is 0.265 e. The molecule has 1 N–H and O–H groups in total. The number of aromatic nitrogens is 1. The van der Waals surface area contributed by atoms with Crippen LogP contribution in [0.25, 0.3) is 10.6 Å². The van der Waals surface area contributed by atoms with Crippen molar-refractivity contribution in [3.8, 4) is 10.6 Å². The van der Waals surface area contributed by atoms with Gasteiger partial charge in [0.2, 0.25) is 0 Å². The number of amides is 1. The quantitative estimate of drug-likeness (QED) is 0.919. The highest BCUT2D eigenvalue weighted by molar-refractivity contribution is 7.16. The number of aliphatic hydroxyl groups excluding tert-OH is 1. The van der Waals surface area contributed by atoms with Crippen molar-refractivity contribution in [1.29, 1.82) is 0 Å². The molecule has 6 heteroatoms. The van der Waals surface area contributed by atoms with E-state index in [1.54, 1.807) is 18.2 Å². The van der Waals surface area contributed by atoms with Crippen molar-refractivity contribution < 1.29 is 14.3 Å². The molecule has 1 amide bonds. The summed E-state index contributed by atoms with van der Waals surface area (Å²) in [6.45, 7) is 3.53. The molecule has 0 aliphatic carbocycles. The molecule has 0 unspecified atom stereocenters. The molecule has 1 aromatic carbocycles. The van der Waals surface area contributed by atoms with Crippen LogP contribution in [0.2, 0.25) is 0 Å². The van der Waals surface area contributed by atoms with E-state index in [0.29, 0.717) is 28.5 Å². The van der Waals surface area contributed by atoms with Crippen molar-refractivity contribution in [2.24, 2.45) is 5.41 Å². The molecular formula is C18H21FN2O2S. The van der Waals surface area contributed by atoms with Gasteiger partial charge in [-0.1, -0.05) is 19.1 Å². The maximum atomic E-state index is 13.9. The third-order valence-electron chi connectivity index (χ3n) is 5.02. The monoisotopic (exact) mass is 348 g/mol. The number of carbonyl (C=O) groups excluding carboxylic acids is 1. The molecule has 0 radical (unpaired) electrons. The average molecular weight is 348 g/mol. The third kappa shape index (κ3) is 3.21. The van der Waals surface area contributed by atoms with Crippen LogP contribution in [0.15, 0.2) is 30.5 Å². The van der Waals surface area contributed by atoms with Crippen molar-refractivity contribution in [2.45, 2.75) is 26.2 Å². The molecule has 2 heterocycles. The van der Waals surface area contributed by atoms with Gasteiger partial charge in [0.05, 0.1) is 6.20 Å². The Morgan fingerprint density at radius 3 is 2.71 bits per heavy atom. The van der Waals surface area contributed by atoms with Crippen LogP contribution in [0.3, 0.4) is 0 Å². The van der Waals surface area contributed by atoms with Crippen LogP contribution in [-0.2, 0) is 0 Å². The number of hydrogen-bond acceptors (Lipinski definition) is 4. The van der Waals surface area contributed by atoms with E-state index in [9.17, 15) is 14.3 Å². The zero-order valence-electron chi connectivity index (χ0n) is 13.7. The van der Waals surface area contributed by atoms with Crippen LogP contribution in [0.4, 0.5) is 4.39 Å². The zero-order chi connectivity index (χ0) is 17.2.